The Morgan fingerprint density at radius 2 is 0.938 bits per heavy atom. The van der Waals surface area contributed by atoms with Crippen LogP contribution < -0.4 is 35.2 Å². The van der Waals surface area contributed by atoms with Crippen molar-refractivity contribution in [1.82, 2.24) is 0 Å². The maximum absolute atomic E-state index is 2.47. The van der Waals surface area contributed by atoms with Crippen molar-refractivity contribution >= 4 is 18.4 Å². The Morgan fingerprint density at radius 1 is 0.594 bits per heavy atom. The average Bonchev–Trinajstić information content (AvgIpc) is 3.12. The quantitative estimate of drug-likeness (QED) is 0.493. The van der Waals surface area contributed by atoms with Crippen LogP contribution in [0.15, 0.2) is 101 Å². The van der Waals surface area contributed by atoms with Crippen molar-refractivity contribution in [2.75, 3.05) is 0 Å². The average molecular weight is 513 g/mol. The van der Waals surface area contributed by atoms with Gasteiger partial charge in [0.2, 0.25) is 0 Å². The molecule has 2 aromatic carbocycles. The number of allylic oxidation sites excluding steroid dienone is 8. The second-order valence-corrected chi connectivity index (χ2v) is 15.0. The Hall–Kier alpha value is -1.09. The second kappa shape index (κ2) is 9.28. The number of fused-ring (bicyclic) bond motifs is 2. The SMILES string of the molecule is CC1=[C]2[Ti+2][C]3=C(C)C(=C(C)C3C)[Si](c3ccccc3)(c3ccccc3)C1=C(C)C2C.[Cl-].[Cl-]. The molecule has 1 heterocycles. The van der Waals surface area contributed by atoms with Crippen LogP contribution in [-0.4, -0.2) is 8.07 Å². The van der Waals surface area contributed by atoms with Crippen LogP contribution in [0.5, 0.6) is 0 Å². The molecular formula is C28H30Cl2SiTi. The van der Waals surface area contributed by atoms with Gasteiger partial charge in [-0.05, 0) is 0 Å². The third-order valence-corrected chi connectivity index (χ3v) is 16.7. The molecule has 32 heavy (non-hydrogen) atoms. The fourth-order valence-electron chi connectivity index (χ4n) is 6.32. The van der Waals surface area contributed by atoms with E-state index in [0.717, 1.165) is 0 Å². The van der Waals surface area contributed by atoms with Crippen molar-refractivity contribution in [2.45, 2.75) is 41.5 Å². The molecule has 0 spiro atoms. The molecule has 0 radical (unpaired) electrons. The van der Waals surface area contributed by atoms with Crippen LogP contribution in [0.4, 0.5) is 0 Å². The maximum Gasteiger partial charge on any atom is -1.00 e. The Bertz CT molecular complexity index is 1080. The van der Waals surface area contributed by atoms with Gasteiger partial charge < -0.3 is 24.8 Å². The molecule has 2 atom stereocenters. The summed E-state index contributed by atoms with van der Waals surface area (Å²) in [5.74, 6) is 1.21. The molecule has 2 unspecified atom stereocenters. The molecule has 0 nitrogen and oxygen atoms in total. The van der Waals surface area contributed by atoms with E-state index >= 15 is 0 Å². The molecule has 164 valence electrons. The molecule has 4 heteroatoms. The van der Waals surface area contributed by atoms with Crippen molar-refractivity contribution < 1.29 is 44.0 Å². The molecule has 0 fully saturated rings. The van der Waals surface area contributed by atoms with E-state index in [0.29, 0.717) is 11.8 Å². The van der Waals surface area contributed by atoms with Gasteiger partial charge in [0.1, 0.15) is 0 Å². The first kappa shape index (κ1) is 25.5. The van der Waals surface area contributed by atoms with E-state index in [2.05, 4.69) is 102 Å². The van der Waals surface area contributed by atoms with E-state index in [1.165, 1.54) is 0 Å². The van der Waals surface area contributed by atoms with Gasteiger partial charge in [-0.3, -0.25) is 0 Å². The van der Waals surface area contributed by atoms with Gasteiger partial charge in [-0.2, -0.15) is 0 Å². The van der Waals surface area contributed by atoms with E-state index in [9.17, 15) is 0 Å². The molecular weight excluding hydrogens is 483 g/mol. The Labute approximate surface area is 215 Å². The molecule has 4 bridgehead atoms. The normalized spacial score (nSPS) is 23.2. The van der Waals surface area contributed by atoms with Crippen LogP contribution in [0.25, 0.3) is 0 Å². The zero-order chi connectivity index (χ0) is 21.2. The third kappa shape index (κ3) is 3.28. The van der Waals surface area contributed by atoms with Crippen LogP contribution in [0.1, 0.15) is 41.5 Å². The fraction of sp³-hybridized carbons (Fsp3) is 0.286. The van der Waals surface area contributed by atoms with Crippen LogP contribution in [0, 0.1) is 11.8 Å². The fourth-order valence-corrected chi connectivity index (χ4v) is 15.6. The van der Waals surface area contributed by atoms with Gasteiger partial charge in [0, 0.05) is 0 Å². The number of hydrogen-bond acceptors (Lipinski definition) is 0. The molecule has 1 aliphatic heterocycles. The molecule has 0 saturated carbocycles. The second-order valence-electron chi connectivity index (χ2n) is 9.24. The molecule has 5 rings (SSSR count). The van der Waals surface area contributed by atoms with Gasteiger partial charge in [-0.15, -0.1) is 0 Å². The summed E-state index contributed by atoms with van der Waals surface area (Å²) in [6.45, 7) is 14.7. The van der Waals surface area contributed by atoms with E-state index in [-0.39, 0.29) is 44.0 Å². The van der Waals surface area contributed by atoms with E-state index in [1.807, 2.05) is 0 Å². The smallest absolute Gasteiger partial charge is 1.00 e. The number of halogens is 2. The van der Waals surface area contributed by atoms with E-state index in [4.69, 9.17) is 0 Å². The van der Waals surface area contributed by atoms with Crippen LogP contribution in [0.3, 0.4) is 0 Å². The molecule has 0 aromatic heterocycles. The largest absolute Gasteiger partial charge is 1.00 e. The summed E-state index contributed by atoms with van der Waals surface area (Å²) in [5.41, 5.74) is 6.56. The predicted octanol–water partition coefficient (Wildman–Crippen LogP) is -0.0875. The van der Waals surface area contributed by atoms with Gasteiger partial charge in [0.25, 0.3) is 0 Å². The summed E-state index contributed by atoms with van der Waals surface area (Å²) < 4.78 is 3.59. The number of rotatable bonds is 2. The Balaban J connectivity index is 0.00000144. The summed E-state index contributed by atoms with van der Waals surface area (Å²) in [7, 11) is -2.37. The van der Waals surface area contributed by atoms with Crippen LogP contribution >= 0.6 is 0 Å². The van der Waals surface area contributed by atoms with Gasteiger partial charge >= 0.3 is 192 Å². The van der Waals surface area contributed by atoms with E-state index < -0.39 is 8.07 Å². The molecule has 3 aliphatic rings. The van der Waals surface area contributed by atoms with Crippen molar-refractivity contribution in [3.8, 4) is 0 Å². The maximum atomic E-state index is 2.47. The molecule has 0 amide bonds. The third-order valence-electron chi connectivity index (χ3n) is 7.94. The van der Waals surface area contributed by atoms with Crippen molar-refractivity contribution in [2.24, 2.45) is 11.8 Å². The van der Waals surface area contributed by atoms with Crippen molar-refractivity contribution in [3.63, 3.8) is 0 Å². The van der Waals surface area contributed by atoms with Gasteiger partial charge in [-0.1, -0.05) is 0 Å². The standard InChI is InChI=1S/C28H30Si.2ClH.Ti/c1-19-17-21(3)27(23(19)5)29(25-13-9-7-10-14-25,26-15-11-8-12-16-26)28-22(4)18-20(2)24(28)6;;;/h7-16,19-20H,1-6H3;2*1H;/q;;;+2/p-2. The van der Waals surface area contributed by atoms with Crippen molar-refractivity contribution in [3.05, 3.63) is 101 Å². The Kier molecular flexibility index (Phi) is 7.40. The predicted molar refractivity (Wildman–Crippen MR) is 127 cm³/mol. The van der Waals surface area contributed by atoms with Gasteiger partial charge in [0.05, 0.1) is 0 Å². The van der Waals surface area contributed by atoms with Crippen molar-refractivity contribution in [1.29, 1.82) is 0 Å². The van der Waals surface area contributed by atoms with Crippen LogP contribution in [-0.2, 0) is 19.2 Å². The Morgan fingerprint density at radius 3 is 1.28 bits per heavy atom. The van der Waals surface area contributed by atoms with Gasteiger partial charge in [0.15, 0.2) is 0 Å². The number of hydrogen-bond donors (Lipinski definition) is 0. The molecule has 2 aliphatic carbocycles. The zero-order valence-corrected chi connectivity index (χ0v) is 23.8. The summed E-state index contributed by atoms with van der Waals surface area (Å²) in [5, 5.41) is 6.52. The summed E-state index contributed by atoms with van der Waals surface area (Å²) in [6, 6.07) is 23.0. The molecule has 2 aromatic rings. The minimum absolute atomic E-state index is 0. The summed E-state index contributed by atoms with van der Waals surface area (Å²) in [4.78, 5) is 0. The topological polar surface area (TPSA) is 0 Å². The minimum atomic E-state index is -2.37. The number of benzene rings is 2. The first-order chi connectivity index (χ1) is 14.4. The first-order valence-electron chi connectivity index (χ1n) is 11.1. The first-order valence-corrected chi connectivity index (χ1v) is 14.7. The minimum Gasteiger partial charge on any atom is -1.00 e. The zero-order valence-electron chi connectivity index (χ0n) is 19.7. The summed E-state index contributed by atoms with van der Waals surface area (Å²) in [6.07, 6.45) is 0. The molecule has 0 N–H and O–H groups in total. The van der Waals surface area contributed by atoms with E-state index in [1.54, 1.807) is 50.8 Å². The monoisotopic (exact) mass is 512 g/mol. The summed E-state index contributed by atoms with van der Waals surface area (Å²) >= 11 is -0.246. The molecule has 0 saturated heterocycles. The van der Waals surface area contributed by atoms with Gasteiger partial charge in [-0.25, -0.2) is 0 Å². The van der Waals surface area contributed by atoms with Crippen LogP contribution in [0.2, 0.25) is 0 Å².